The highest BCUT2D eigenvalue weighted by Crippen LogP contribution is 2.74. The minimum atomic E-state index is -4.45. The number of carbonyl (C=O) groups excluding carboxylic acids is 1. The number of halogens is 3. The van der Waals surface area contributed by atoms with Gasteiger partial charge in [-0.3, -0.25) is 9.78 Å². The highest BCUT2D eigenvalue weighted by atomic mass is 19.4. The smallest absolute Gasteiger partial charge is 0.416 e. The van der Waals surface area contributed by atoms with E-state index in [4.69, 9.17) is 4.74 Å². The number of ether oxygens (including phenoxy) is 1. The molecule has 1 heterocycles. The van der Waals surface area contributed by atoms with E-state index >= 15 is 0 Å². The second kappa shape index (κ2) is 9.44. The van der Waals surface area contributed by atoms with E-state index in [1.807, 2.05) is 6.07 Å². The van der Waals surface area contributed by atoms with Crippen LogP contribution < -0.4 is 10.1 Å². The van der Waals surface area contributed by atoms with Gasteiger partial charge in [0.2, 0.25) is 0 Å². The Hall–Kier alpha value is -3.62. The van der Waals surface area contributed by atoms with Crippen LogP contribution in [0.25, 0.3) is 10.9 Å². The molecule has 1 amide bonds. The van der Waals surface area contributed by atoms with Crippen molar-refractivity contribution in [2.45, 2.75) is 78.1 Å². The number of alkyl halides is 3. The number of amides is 1. The zero-order chi connectivity index (χ0) is 30.1. The molecule has 0 unspecified atom stereocenters. The Morgan fingerprint density at radius 3 is 2.07 bits per heavy atom. The molecule has 42 heavy (non-hydrogen) atoms. The lowest BCUT2D eigenvalue weighted by Gasteiger charge is -2.70. The summed E-state index contributed by atoms with van der Waals surface area (Å²) in [5, 5.41) is 14.1. The molecule has 0 spiro atoms. The molecule has 2 N–H and O–H groups in total. The Morgan fingerprint density at radius 1 is 0.929 bits per heavy atom. The molecule has 4 saturated carbocycles. The van der Waals surface area contributed by atoms with E-state index in [2.05, 4.69) is 31.1 Å². The number of carboxylic acid groups (broad SMARTS) is 1. The maximum Gasteiger partial charge on any atom is 0.416 e. The zero-order valence-electron chi connectivity index (χ0n) is 24.0. The predicted molar refractivity (Wildman–Crippen MR) is 151 cm³/mol. The average molecular weight is 581 g/mol. The van der Waals surface area contributed by atoms with Crippen molar-refractivity contribution in [2.24, 2.45) is 21.7 Å². The van der Waals surface area contributed by atoms with Crippen molar-refractivity contribution in [3.8, 4) is 5.75 Å². The molecule has 0 saturated heterocycles. The van der Waals surface area contributed by atoms with Gasteiger partial charge in [0.15, 0.2) is 5.75 Å². The van der Waals surface area contributed by atoms with Gasteiger partial charge in [-0.1, -0.05) is 45.0 Å². The number of nitrogens with one attached hydrogen (secondary N) is 1. The third kappa shape index (κ3) is 5.01. The lowest BCUT2D eigenvalue weighted by Crippen LogP contribution is -2.66. The Morgan fingerprint density at radius 2 is 1.52 bits per heavy atom. The van der Waals surface area contributed by atoms with Crippen molar-refractivity contribution < 1.29 is 32.6 Å². The molecule has 4 fully saturated rings. The van der Waals surface area contributed by atoms with E-state index in [1.165, 1.54) is 12.1 Å². The van der Waals surface area contributed by atoms with Crippen molar-refractivity contribution in [2.75, 3.05) is 0 Å². The van der Waals surface area contributed by atoms with E-state index in [0.29, 0.717) is 16.5 Å². The Bertz CT molecular complexity index is 1510. The lowest BCUT2D eigenvalue weighted by molar-refractivity contribution is -0.198. The second-order valence-corrected chi connectivity index (χ2v) is 14.1. The fraction of sp³-hybridized carbons (Fsp3) is 0.485. The van der Waals surface area contributed by atoms with Gasteiger partial charge < -0.3 is 15.2 Å². The fourth-order valence-corrected chi connectivity index (χ4v) is 9.77. The van der Waals surface area contributed by atoms with Crippen LogP contribution in [0.1, 0.15) is 80.8 Å². The monoisotopic (exact) mass is 580 g/mol. The first kappa shape index (κ1) is 28.5. The predicted octanol–water partition coefficient (Wildman–Crippen LogP) is 7.40. The van der Waals surface area contributed by atoms with Crippen molar-refractivity contribution in [1.82, 2.24) is 10.3 Å². The maximum absolute atomic E-state index is 13.9. The Labute approximate surface area is 242 Å². The largest absolute Gasteiger partial charge is 0.486 e. The van der Waals surface area contributed by atoms with E-state index in [0.717, 1.165) is 50.7 Å². The van der Waals surface area contributed by atoms with Gasteiger partial charge in [-0.25, -0.2) is 4.79 Å². The fourth-order valence-electron chi connectivity index (χ4n) is 9.77. The topological polar surface area (TPSA) is 88.5 Å². The van der Waals surface area contributed by atoms with Crippen molar-refractivity contribution in [3.63, 3.8) is 0 Å². The number of hydrogen-bond acceptors (Lipinski definition) is 4. The quantitative estimate of drug-likeness (QED) is 0.304. The number of pyridine rings is 1. The van der Waals surface area contributed by atoms with Gasteiger partial charge in [0.25, 0.3) is 5.91 Å². The molecular weight excluding hydrogens is 545 g/mol. The molecule has 9 heteroatoms. The summed E-state index contributed by atoms with van der Waals surface area (Å²) in [6.45, 7) is 6.69. The van der Waals surface area contributed by atoms with Crippen LogP contribution in [0.5, 0.6) is 5.75 Å². The minimum Gasteiger partial charge on any atom is -0.486 e. The number of benzene rings is 2. The first-order valence-corrected chi connectivity index (χ1v) is 14.3. The van der Waals surface area contributed by atoms with Crippen LogP contribution in [0, 0.1) is 21.7 Å². The molecule has 1 atom stereocenters. The molecule has 4 aliphatic carbocycles. The summed E-state index contributed by atoms with van der Waals surface area (Å²) in [6, 6.07) is 10.4. The van der Waals surface area contributed by atoms with E-state index < -0.39 is 35.1 Å². The Kier molecular flexibility index (Phi) is 6.41. The van der Waals surface area contributed by atoms with Crippen LogP contribution in [0.2, 0.25) is 0 Å². The molecule has 4 bridgehead atoms. The first-order valence-electron chi connectivity index (χ1n) is 14.3. The molecule has 0 radical (unpaired) electrons. The van der Waals surface area contributed by atoms with Crippen molar-refractivity contribution >= 4 is 22.8 Å². The highest BCUT2D eigenvalue weighted by Gasteiger charge is 2.67. The lowest BCUT2D eigenvalue weighted by atomic mass is 9.35. The van der Waals surface area contributed by atoms with Crippen LogP contribution in [-0.2, 0) is 17.6 Å². The van der Waals surface area contributed by atoms with Gasteiger partial charge in [-0.2, -0.15) is 13.2 Å². The SMILES string of the molecule is CC12CC3([C@H](NC(=O)c4ccc5cccnc5c4OCc4ccc(C(F)(F)F)cc4)C(=O)O)C[C@](C)(C1)C[C@](C)(C2)C3. The number of fused-ring (bicyclic) bond motifs is 1. The van der Waals surface area contributed by atoms with Gasteiger partial charge in [0.1, 0.15) is 18.2 Å². The molecule has 0 aliphatic heterocycles. The minimum absolute atomic E-state index is 0.0273. The number of aromatic nitrogens is 1. The summed E-state index contributed by atoms with van der Waals surface area (Å²) in [7, 11) is 0. The zero-order valence-corrected chi connectivity index (χ0v) is 24.0. The van der Waals surface area contributed by atoms with Gasteiger partial charge in [-0.15, -0.1) is 0 Å². The third-order valence-electron chi connectivity index (χ3n) is 9.67. The van der Waals surface area contributed by atoms with Crippen LogP contribution in [0.15, 0.2) is 54.7 Å². The molecule has 222 valence electrons. The number of carboxylic acids is 1. The van der Waals surface area contributed by atoms with Crippen LogP contribution >= 0.6 is 0 Å². The number of aliphatic carboxylic acids is 1. The van der Waals surface area contributed by atoms with E-state index in [1.54, 1.807) is 24.4 Å². The number of hydrogen-bond donors (Lipinski definition) is 2. The van der Waals surface area contributed by atoms with Gasteiger partial charge in [0, 0.05) is 17.0 Å². The van der Waals surface area contributed by atoms with Crippen molar-refractivity contribution in [1.29, 1.82) is 0 Å². The summed E-state index contributed by atoms with van der Waals surface area (Å²) in [6.07, 6.45) is 2.55. The summed E-state index contributed by atoms with van der Waals surface area (Å²) in [5.41, 5.74) is -0.226. The summed E-state index contributed by atoms with van der Waals surface area (Å²) >= 11 is 0. The molecule has 4 aliphatic rings. The Balaban J connectivity index is 1.31. The van der Waals surface area contributed by atoms with Crippen molar-refractivity contribution in [3.05, 3.63) is 71.4 Å². The molecule has 2 aromatic carbocycles. The van der Waals surface area contributed by atoms with Gasteiger partial charge in [0.05, 0.1) is 11.1 Å². The molecular formula is C33H35F3N2O4. The number of rotatable bonds is 7. The summed E-state index contributed by atoms with van der Waals surface area (Å²) in [4.78, 5) is 31.2. The van der Waals surface area contributed by atoms with E-state index in [9.17, 15) is 27.9 Å². The molecule has 7 rings (SSSR count). The van der Waals surface area contributed by atoms with Gasteiger partial charge >= 0.3 is 12.1 Å². The van der Waals surface area contributed by atoms with E-state index in [-0.39, 0.29) is 34.2 Å². The summed E-state index contributed by atoms with van der Waals surface area (Å²) in [5.74, 6) is -1.47. The number of nitrogens with zero attached hydrogens (tertiary/aromatic N) is 1. The summed E-state index contributed by atoms with van der Waals surface area (Å²) < 4.78 is 45.1. The normalized spacial score (nSPS) is 30.7. The molecule has 3 aromatic rings. The average Bonchev–Trinajstić information content (AvgIpc) is 2.86. The third-order valence-corrected chi connectivity index (χ3v) is 9.67. The van der Waals surface area contributed by atoms with Crippen LogP contribution in [-0.4, -0.2) is 28.0 Å². The highest BCUT2D eigenvalue weighted by molar-refractivity contribution is 6.04. The van der Waals surface area contributed by atoms with Gasteiger partial charge in [-0.05, 0) is 84.6 Å². The standard InChI is InChI=1S/C33H35F3N2O4/c1-29-14-30(2)16-31(3,15-29)19-32(17-29,18-30)26(28(40)41)38-27(39)23-11-8-21-5-4-12-37-24(21)25(23)42-13-20-6-9-22(10-7-20)33(34,35)36/h4-12,26H,13-19H2,1-3H3,(H,38,39)(H,40,41)/t26-,29-,30+,31?,32?/m1/s1. The number of carbonyl (C=O) groups is 2. The second-order valence-electron chi connectivity index (χ2n) is 14.1. The first-order chi connectivity index (χ1) is 19.6. The molecule has 6 nitrogen and oxygen atoms in total. The molecule has 1 aromatic heterocycles. The van der Waals surface area contributed by atoms with Crippen LogP contribution in [0.3, 0.4) is 0 Å². The maximum atomic E-state index is 13.9. The van der Waals surface area contributed by atoms with Crippen LogP contribution in [0.4, 0.5) is 13.2 Å².